The number of pyridine rings is 1. The van der Waals surface area contributed by atoms with E-state index in [1.165, 1.54) is 13.2 Å². The summed E-state index contributed by atoms with van der Waals surface area (Å²) in [6.45, 7) is 5.17. The van der Waals surface area contributed by atoms with Gasteiger partial charge in [0.2, 0.25) is 5.91 Å². The van der Waals surface area contributed by atoms with E-state index in [2.05, 4.69) is 15.6 Å². The maximum atomic E-state index is 12.5. The third kappa shape index (κ3) is 7.29. The molecule has 0 aliphatic carbocycles. The molecule has 0 radical (unpaired) electrons. The summed E-state index contributed by atoms with van der Waals surface area (Å²) in [6.07, 6.45) is 6.86. The highest BCUT2D eigenvalue weighted by molar-refractivity contribution is 6.11. The van der Waals surface area contributed by atoms with E-state index in [-0.39, 0.29) is 34.4 Å². The first-order valence-corrected chi connectivity index (χ1v) is 15.9. The van der Waals surface area contributed by atoms with E-state index in [0.717, 1.165) is 53.4 Å². The Bertz CT molecular complexity index is 1870. The third-order valence-corrected chi connectivity index (χ3v) is 8.66. The van der Waals surface area contributed by atoms with Crippen molar-refractivity contribution >= 4 is 45.1 Å². The van der Waals surface area contributed by atoms with Crippen LogP contribution in [0.25, 0.3) is 21.8 Å². The van der Waals surface area contributed by atoms with Gasteiger partial charge in [-0.2, -0.15) is 0 Å². The number of rotatable bonds is 15. The number of ether oxygens (including phenoxy) is 2. The summed E-state index contributed by atoms with van der Waals surface area (Å²) in [5, 5.41) is 30.4. The van der Waals surface area contributed by atoms with E-state index in [1.54, 1.807) is 12.1 Å². The van der Waals surface area contributed by atoms with Gasteiger partial charge in [-0.05, 0) is 57.2 Å². The van der Waals surface area contributed by atoms with Gasteiger partial charge in [-0.3, -0.25) is 14.9 Å². The molecule has 11 nitrogen and oxygen atoms in total. The van der Waals surface area contributed by atoms with Crippen molar-refractivity contribution in [1.29, 1.82) is 0 Å². The Morgan fingerprint density at radius 2 is 1.83 bits per heavy atom. The molecular formula is C36H40N4O7. The minimum absolute atomic E-state index is 0.0194. The number of methoxy groups -OCH3 is 1. The molecule has 0 saturated heterocycles. The summed E-state index contributed by atoms with van der Waals surface area (Å²) in [6, 6.07) is 12.6. The number of esters is 1. The van der Waals surface area contributed by atoms with Gasteiger partial charge in [0, 0.05) is 42.1 Å². The van der Waals surface area contributed by atoms with Gasteiger partial charge in [-0.25, -0.2) is 9.78 Å². The van der Waals surface area contributed by atoms with Crippen molar-refractivity contribution in [3.63, 3.8) is 0 Å². The standard InChI is InChI=1S/C36H40N4O7/c1-22(15-17-25-34(42)31-26(21-47-36(31)43)23(2)35(25)46-3)16-18-30(41)37-19-8-4-5-9-20-38-33-24-11-6-7-12-27(24)39-28-13-10-14-29(32(28)33)40(44)45/h6-7,10-15,42H,4-5,8-9,16-21H2,1-3H3,(H,37,41)(H,38,39)/b22-15+. The number of hydrogen-bond acceptors (Lipinski definition) is 9. The van der Waals surface area contributed by atoms with Gasteiger partial charge < -0.3 is 25.2 Å². The smallest absolute Gasteiger partial charge is 0.342 e. The zero-order valence-electron chi connectivity index (χ0n) is 27.0. The van der Waals surface area contributed by atoms with Crippen LogP contribution in [0, 0.1) is 17.0 Å². The zero-order chi connectivity index (χ0) is 33.5. The molecule has 0 bridgehead atoms. The molecule has 5 rings (SSSR count). The summed E-state index contributed by atoms with van der Waals surface area (Å²) < 4.78 is 10.7. The van der Waals surface area contributed by atoms with Crippen molar-refractivity contribution < 1.29 is 29.1 Å². The summed E-state index contributed by atoms with van der Waals surface area (Å²) >= 11 is 0. The Kier molecular flexibility index (Phi) is 10.5. The lowest BCUT2D eigenvalue weighted by atomic mass is 9.94. The zero-order valence-corrected chi connectivity index (χ0v) is 27.0. The molecule has 47 heavy (non-hydrogen) atoms. The number of anilines is 1. The van der Waals surface area contributed by atoms with E-state index in [4.69, 9.17) is 9.47 Å². The fraction of sp³-hybridized carbons (Fsp3) is 0.361. The van der Waals surface area contributed by atoms with Gasteiger partial charge in [-0.1, -0.05) is 48.8 Å². The van der Waals surface area contributed by atoms with Crippen molar-refractivity contribution in [2.75, 3.05) is 25.5 Å². The first-order chi connectivity index (χ1) is 22.7. The number of carbonyl (C=O) groups excluding carboxylic acids is 2. The van der Waals surface area contributed by atoms with Gasteiger partial charge in [0.15, 0.2) is 0 Å². The molecular weight excluding hydrogens is 600 g/mol. The maximum absolute atomic E-state index is 12.5. The SMILES string of the molecule is COc1c(C)c2c(c(O)c1C/C=C(\C)CCC(=O)NCCCCCCNc1c3ccccc3nc3cccc([N+](=O)[O-])c13)C(=O)OC2. The second-order valence-corrected chi connectivity index (χ2v) is 11.8. The lowest BCUT2D eigenvalue weighted by Crippen LogP contribution is -2.24. The summed E-state index contributed by atoms with van der Waals surface area (Å²) in [5.41, 5.74) is 5.31. The summed E-state index contributed by atoms with van der Waals surface area (Å²) in [5.74, 6) is -0.112. The Labute approximate surface area is 273 Å². The highest BCUT2D eigenvalue weighted by Crippen LogP contribution is 2.42. The highest BCUT2D eigenvalue weighted by Gasteiger charge is 2.32. The van der Waals surface area contributed by atoms with Gasteiger partial charge in [0.25, 0.3) is 5.69 Å². The first kappa shape index (κ1) is 33.2. The number of para-hydroxylation sites is 1. The monoisotopic (exact) mass is 640 g/mol. The molecule has 1 aromatic heterocycles. The number of cyclic esters (lactones) is 1. The molecule has 1 aliphatic heterocycles. The van der Waals surface area contributed by atoms with E-state index in [9.17, 15) is 24.8 Å². The van der Waals surface area contributed by atoms with Crippen LogP contribution in [0.15, 0.2) is 54.1 Å². The van der Waals surface area contributed by atoms with Crippen LogP contribution in [0.1, 0.15) is 72.5 Å². The number of nitrogens with zero attached hydrogens (tertiary/aromatic N) is 2. The van der Waals surface area contributed by atoms with Gasteiger partial charge >= 0.3 is 5.97 Å². The number of unbranched alkanes of at least 4 members (excludes halogenated alkanes) is 3. The Morgan fingerprint density at radius 3 is 2.60 bits per heavy atom. The number of fused-ring (bicyclic) bond motifs is 3. The number of non-ortho nitro benzene ring substituents is 1. The van der Waals surface area contributed by atoms with Gasteiger partial charge in [-0.15, -0.1) is 0 Å². The number of nitrogens with one attached hydrogen (secondary N) is 2. The fourth-order valence-electron chi connectivity index (χ4n) is 6.11. The van der Waals surface area contributed by atoms with Crippen molar-refractivity contribution in [3.05, 3.63) is 86.5 Å². The number of nitro benzene ring substituents is 1. The van der Waals surface area contributed by atoms with Crippen molar-refractivity contribution in [1.82, 2.24) is 10.3 Å². The molecule has 0 fully saturated rings. The molecule has 0 saturated carbocycles. The lowest BCUT2D eigenvalue weighted by molar-refractivity contribution is -0.383. The number of carbonyl (C=O) groups is 2. The normalized spacial score (nSPS) is 12.7. The van der Waals surface area contributed by atoms with Crippen LogP contribution in [-0.4, -0.2) is 47.1 Å². The molecule has 4 aromatic rings. The molecule has 246 valence electrons. The quantitative estimate of drug-likeness (QED) is 0.0310. The molecule has 1 aliphatic rings. The highest BCUT2D eigenvalue weighted by atomic mass is 16.6. The van der Waals surface area contributed by atoms with E-state index >= 15 is 0 Å². The first-order valence-electron chi connectivity index (χ1n) is 15.9. The predicted molar refractivity (Wildman–Crippen MR) is 181 cm³/mol. The Hall–Kier alpha value is -5.19. The summed E-state index contributed by atoms with van der Waals surface area (Å²) in [7, 11) is 1.54. The second-order valence-electron chi connectivity index (χ2n) is 11.8. The molecule has 3 aromatic carbocycles. The lowest BCUT2D eigenvalue weighted by Gasteiger charge is -2.15. The molecule has 1 amide bonds. The number of hydrogen-bond donors (Lipinski definition) is 3. The van der Waals surface area contributed by atoms with E-state index in [1.807, 2.05) is 44.2 Å². The largest absolute Gasteiger partial charge is 0.507 e. The number of phenolic OH excluding ortho intramolecular Hbond substituents is 1. The molecule has 3 N–H and O–H groups in total. The van der Waals surface area contributed by atoms with E-state index in [0.29, 0.717) is 60.1 Å². The van der Waals surface area contributed by atoms with Crippen LogP contribution in [0.3, 0.4) is 0 Å². The predicted octanol–water partition coefficient (Wildman–Crippen LogP) is 7.05. The van der Waals surface area contributed by atoms with Crippen LogP contribution < -0.4 is 15.4 Å². The Morgan fingerprint density at radius 1 is 1.09 bits per heavy atom. The number of benzene rings is 3. The number of amides is 1. The van der Waals surface area contributed by atoms with Crippen molar-refractivity contribution in [3.8, 4) is 11.5 Å². The molecule has 0 unspecified atom stereocenters. The number of aromatic hydroxyl groups is 1. The molecule has 0 atom stereocenters. The van der Waals surface area contributed by atoms with E-state index < -0.39 is 5.97 Å². The number of phenols is 1. The van der Waals surface area contributed by atoms with Crippen molar-refractivity contribution in [2.24, 2.45) is 0 Å². The minimum Gasteiger partial charge on any atom is -0.507 e. The Balaban J connectivity index is 1.04. The molecule has 11 heteroatoms. The average Bonchev–Trinajstić information content (AvgIpc) is 3.46. The van der Waals surface area contributed by atoms with Crippen LogP contribution in [0.5, 0.6) is 11.5 Å². The van der Waals surface area contributed by atoms with Crippen LogP contribution in [-0.2, 0) is 22.6 Å². The van der Waals surface area contributed by atoms with Crippen LogP contribution >= 0.6 is 0 Å². The molecule has 0 spiro atoms. The van der Waals surface area contributed by atoms with Crippen LogP contribution in [0.2, 0.25) is 0 Å². The fourth-order valence-corrected chi connectivity index (χ4v) is 6.11. The number of aromatic nitrogens is 1. The van der Waals surface area contributed by atoms with Crippen molar-refractivity contribution in [2.45, 2.75) is 65.4 Å². The van der Waals surface area contributed by atoms with Gasteiger partial charge in [0.1, 0.15) is 29.1 Å². The topological polar surface area (TPSA) is 153 Å². The van der Waals surface area contributed by atoms with Crippen LogP contribution in [0.4, 0.5) is 11.4 Å². The number of nitro groups is 1. The maximum Gasteiger partial charge on any atom is 0.342 e. The van der Waals surface area contributed by atoms with Gasteiger partial charge in [0.05, 0.1) is 28.8 Å². The summed E-state index contributed by atoms with van der Waals surface area (Å²) in [4.78, 5) is 40.6. The number of allylic oxidation sites excluding steroid dienone is 2. The second kappa shape index (κ2) is 14.9. The molecule has 2 heterocycles. The minimum atomic E-state index is -0.528. The third-order valence-electron chi connectivity index (χ3n) is 8.66. The average molecular weight is 641 g/mol.